The number of rotatable bonds is 3. The fourth-order valence-electron chi connectivity index (χ4n) is 3.03. The van der Waals surface area contributed by atoms with E-state index in [1.165, 1.54) is 11.1 Å². The van der Waals surface area contributed by atoms with Gasteiger partial charge in [-0.25, -0.2) is 9.36 Å². The Morgan fingerprint density at radius 2 is 2.32 bits per heavy atom. The van der Waals surface area contributed by atoms with Gasteiger partial charge in [-0.15, -0.1) is 0 Å². The topological polar surface area (TPSA) is 136 Å². The lowest BCUT2D eigenvalue weighted by atomic mass is 9.83. The number of carbonyl (C=O) groups excluding carboxylic acids is 1. The van der Waals surface area contributed by atoms with Crippen LogP contribution in [0.3, 0.4) is 0 Å². The number of nitrogens with two attached hydrogens (primary N) is 1. The Morgan fingerprint density at radius 3 is 2.92 bits per heavy atom. The average Bonchev–Trinajstić information content (AvgIpc) is 2.79. The van der Waals surface area contributed by atoms with Crippen molar-refractivity contribution in [2.45, 2.75) is 51.5 Å². The number of phosphoric ester groups is 1. The van der Waals surface area contributed by atoms with Crippen molar-refractivity contribution in [1.29, 1.82) is 5.26 Å². The molecule has 3 aliphatic rings. The van der Waals surface area contributed by atoms with Crippen molar-refractivity contribution in [1.82, 2.24) is 10.2 Å². The van der Waals surface area contributed by atoms with Gasteiger partial charge in [-0.05, 0) is 26.8 Å². The second kappa shape index (κ2) is 6.36. The van der Waals surface area contributed by atoms with Gasteiger partial charge in [0.1, 0.15) is 17.6 Å². The molecule has 6 atom stereocenters. The Bertz CT molecular complexity index is 679. The molecule has 3 aliphatic heterocycles. The van der Waals surface area contributed by atoms with Gasteiger partial charge in [0.05, 0.1) is 24.9 Å². The van der Waals surface area contributed by atoms with Crippen LogP contribution in [-0.2, 0) is 22.9 Å². The molecular weight excluding hydrogens is 351 g/mol. The summed E-state index contributed by atoms with van der Waals surface area (Å²) in [5.41, 5.74) is 4.35. The van der Waals surface area contributed by atoms with E-state index in [0.717, 1.165) is 0 Å². The number of urea groups is 1. The lowest BCUT2D eigenvalue weighted by molar-refractivity contribution is -0.0795. The number of fused-ring (bicyclic) bond motifs is 1. The van der Waals surface area contributed by atoms with Crippen molar-refractivity contribution in [2.75, 3.05) is 6.61 Å². The summed E-state index contributed by atoms with van der Waals surface area (Å²) in [4.78, 5) is 13.5. The van der Waals surface area contributed by atoms with Crippen molar-refractivity contribution in [2.24, 2.45) is 11.1 Å². The van der Waals surface area contributed by atoms with E-state index in [9.17, 15) is 14.6 Å². The summed E-state index contributed by atoms with van der Waals surface area (Å²) >= 11 is 0. The van der Waals surface area contributed by atoms with Gasteiger partial charge in [-0.1, -0.05) is 0 Å². The molecule has 3 N–H and O–H groups in total. The van der Waals surface area contributed by atoms with Crippen LogP contribution in [0.25, 0.3) is 0 Å². The summed E-state index contributed by atoms with van der Waals surface area (Å²) in [6.07, 6.45) is -0.459. The highest BCUT2D eigenvalue weighted by Gasteiger charge is 2.62. The number of amides is 2. The molecule has 11 heteroatoms. The Labute approximate surface area is 145 Å². The summed E-state index contributed by atoms with van der Waals surface area (Å²) in [5, 5.41) is 12.3. The third kappa shape index (κ3) is 3.19. The molecule has 2 saturated heterocycles. The van der Waals surface area contributed by atoms with Crippen molar-refractivity contribution >= 4 is 13.9 Å². The summed E-state index contributed by atoms with van der Waals surface area (Å²) in [6, 6.07) is 1.64. The van der Waals surface area contributed by atoms with Crippen molar-refractivity contribution in [3.63, 3.8) is 0 Å². The molecule has 0 radical (unpaired) electrons. The first-order chi connectivity index (χ1) is 11.7. The number of nitriles is 1. The zero-order valence-corrected chi connectivity index (χ0v) is 15.0. The maximum absolute atomic E-state index is 12.6. The normalized spacial score (nSPS) is 43.7. The van der Waals surface area contributed by atoms with E-state index in [4.69, 9.17) is 24.0 Å². The van der Waals surface area contributed by atoms with E-state index in [-0.39, 0.29) is 12.7 Å². The van der Waals surface area contributed by atoms with Crippen LogP contribution >= 0.6 is 7.82 Å². The Balaban J connectivity index is 1.88. The molecule has 25 heavy (non-hydrogen) atoms. The predicted octanol–water partition coefficient (Wildman–Crippen LogP) is 1.01. The molecule has 0 bridgehead atoms. The number of phosphoric acid groups is 1. The molecule has 2 unspecified atom stereocenters. The van der Waals surface area contributed by atoms with Crippen LogP contribution in [0.4, 0.5) is 4.79 Å². The number of hydrogen-bond acceptors (Lipinski definition) is 8. The average molecular weight is 372 g/mol. The highest BCUT2D eigenvalue weighted by atomic mass is 31.2. The van der Waals surface area contributed by atoms with Crippen molar-refractivity contribution in [3.05, 3.63) is 12.3 Å². The lowest BCUT2D eigenvalue weighted by Gasteiger charge is -2.37. The largest absolute Gasteiger partial charge is 0.475 e. The number of nitrogens with zero attached hydrogens (tertiary/aromatic N) is 2. The fourth-order valence-corrected chi connectivity index (χ4v) is 4.68. The maximum Gasteiger partial charge on any atom is 0.475 e. The van der Waals surface area contributed by atoms with Gasteiger partial charge in [-0.2, -0.15) is 5.26 Å². The van der Waals surface area contributed by atoms with E-state index in [1.54, 1.807) is 26.8 Å². The van der Waals surface area contributed by atoms with E-state index in [2.05, 4.69) is 11.4 Å². The van der Waals surface area contributed by atoms with Gasteiger partial charge in [0.25, 0.3) is 0 Å². The lowest BCUT2D eigenvalue weighted by Crippen LogP contribution is -2.56. The van der Waals surface area contributed by atoms with Gasteiger partial charge in [0, 0.05) is 6.20 Å². The van der Waals surface area contributed by atoms with E-state index < -0.39 is 43.9 Å². The monoisotopic (exact) mass is 372 g/mol. The van der Waals surface area contributed by atoms with Crippen molar-refractivity contribution < 1.29 is 27.7 Å². The van der Waals surface area contributed by atoms with Crippen LogP contribution < -0.4 is 11.1 Å². The van der Waals surface area contributed by atoms with Crippen LogP contribution in [0.1, 0.15) is 20.8 Å². The second-order valence-electron chi connectivity index (χ2n) is 6.57. The number of nitrogens with one attached hydrogen (secondary N) is 1. The SMILES string of the molecule is CC(C)OP1(=O)OC[C@H]2O[C@@H](N3C=CC(N)NC3=O)[C@](C)(C#N)[C@@H]2O1. The highest BCUT2D eigenvalue weighted by molar-refractivity contribution is 7.48. The quantitative estimate of drug-likeness (QED) is 0.701. The molecule has 0 aromatic rings. The first kappa shape index (κ1) is 18.3. The Morgan fingerprint density at radius 1 is 1.60 bits per heavy atom. The summed E-state index contributed by atoms with van der Waals surface area (Å²) in [6.45, 7) is 4.91. The molecule has 2 fully saturated rings. The predicted molar refractivity (Wildman–Crippen MR) is 84.5 cm³/mol. The number of ether oxygens (including phenoxy) is 1. The maximum atomic E-state index is 12.6. The molecule has 138 valence electrons. The Hall–Kier alpha value is -1.47. The fraction of sp³-hybridized carbons (Fsp3) is 0.714. The zero-order chi connectivity index (χ0) is 18.4. The van der Waals surface area contributed by atoms with E-state index >= 15 is 0 Å². The molecule has 0 saturated carbocycles. The van der Waals surface area contributed by atoms with Gasteiger partial charge in [0.2, 0.25) is 0 Å². The first-order valence-corrected chi connectivity index (χ1v) is 9.35. The molecule has 0 aromatic carbocycles. The second-order valence-corrected chi connectivity index (χ2v) is 8.14. The summed E-state index contributed by atoms with van der Waals surface area (Å²) < 4.78 is 34.5. The van der Waals surface area contributed by atoms with Crippen LogP contribution in [-0.4, -0.2) is 48.2 Å². The standard InChI is InChI=1S/C14H21N4O6P/c1-8(2)23-25(20)21-6-9-11(24-25)14(3,7-15)12(22-9)18-5-4-10(16)17-13(18)19/h4-5,8-12H,6,16H2,1-3H3,(H,17,19)/t9-,10?,11-,12-,14-,25?/m1/s1. The third-order valence-corrected chi connectivity index (χ3v) is 5.83. The van der Waals surface area contributed by atoms with Gasteiger partial charge >= 0.3 is 13.9 Å². The van der Waals surface area contributed by atoms with E-state index in [1.807, 2.05) is 0 Å². The molecule has 2 amide bonds. The number of hydrogen-bond donors (Lipinski definition) is 2. The zero-order valence-electron chi connectivity index (χ0n) is 14.1. The van der Waals surface area contributed by atoms with Crippen LogP contribution in [0.5, 0.6) is 0 Å². The summed E-state index contributed by atoms with van der Waals surface area (Å²) in [5.74, 6) is 0. The molecule has 0 aliphatic carbocycles. The van der Waals surface area contributed by atoms with E-state index in [0.29, 0.717) is 0 Å². The smallest absolute Gasteiger partial charge is 0.348 e. The van der Waals surface area contributed by atoms with Crippen LogP contribution in [0.15, 0.2) is 12.3 Å². The molecular formula is C14H21N4O6P. The Kier molecular flexibility index (Phi) is 4.66. The molecule has 10 nitrogen and oxygen atoms in total. The van der Waals surface area contributed by atoms with Gasteiger partial charge in [-0.3, -0.25) is 18.5 Å². The van der Waals surface area contributed by atoms with Crippen LogP contribution in [0.2, 0.25) is 0 Å². The minimum Gasteiger partial charge on any atom is -0.348 e. The molecule has 3 rings (SSSR count). The first-order valence-electron chi connectivity index (χ1n) is 7.89. The summed E-state index contributed by atoms with van der Waals surface area (Å²) in [7, 11) is -3.81. The molecule has 0 spiro atoms. The van der Waals surface area contributed by atoms with Crippen LogP contribution in [0, 0.1) is 16.7 Å². The highest BCUT2D eigenvalue weighted by Crippen LogP contribution is 2.60. The van der Waals surface area contributed by atoms with Crippen molar-refractivity contribution in [3.8, 4) is 6.07 Å². The molecule has 0 aromatic heterocycles. The minimum absolute atomic E-state index is 0.0683. The van der Waals surface area contributed by atoms with Gasteiger partial charge in [0.15, 0.2) is 6.23 Å². The third-order valence-electron chi connectivity index (χ3n) is 4.20. The minimum atomic E-state index is -3.81. The number of carbonyl (C=O) groups is 1. The van der Waals surface area contributed by atoms with Gasteiger partial charge < -0.3 is 15.8 Å². The molecule has 3 heterocycles.